The molecule has 14 heteroatoms. The number of halogens is 1. The van der Waals surface area contributed by atoms with E-state index in [-0.39, 0.29) is 19.4 Å². The SMILES string of the molecule is CC(C)(C)OC(=O)N1C(=O)CCC(c2ccc(CBr)cc2)C1=O.CC(C)(C)OC(=O)N1C(=O)CCC(c2ccc(CN=[N+]=[N-])cc2)C1=O. The Hall–Kier alpha value is -4.55. The third kappa shape index (κ3) is 10.2. The Balaban J connectivity index is 0.000000261. The van der Waals surface area contributed by atoms with Gasteiger partial charge in [-0.05, 0) is 82.2 Å². The molecular formula is C34H40BrN5O8. The maximum atomic E-state index is 12.7. The van der Waals surface area contributed by atoms with Gasteiger partial charge in [-0.15, -0.1) is 0 Å². The lowest BCUT2D eigenvalue weighted by molar-refractivity contribution is -0.149. The van der Waals surface area contributed by atoms with Crippen LogP contribution in [0, 0.1) is 0 Å². The van der Waals surface area contributed by atoms with Gasteiger partial charge in [0.25, 0.3) is 0 Å². The van der Waals surface area contributed by atoms with E-state index in [0.29, 0.717) is 28.2 Å². The Morgan fingerprint density at radius 2 is 1.12 bits per heavy atom. The zero-order chi connectivity index (χ0) is 35.8. The number of nitrogens with zero attached hydrogens (tertiary/aromatic N) is 5. The van der Waals surface area contributed by atoms with Crippen LogP contribution in [0.25, 0.3) is 10.4 Å². The monoisotopic (exact) mass is 725 g/mol. The minimum atomic E-state index is -0.938. The Kier molecular flexibility index (Phi) is 12.7. The molecule has 0 aromatic heterocycles. The smallest absolute Gasteiger partial charge is 0.424 e. The molecule has 2 aliphatic rings. The second-order valence-electron chi connectivity index (χ2n) is 13.3. The number of hydrogen-bond acceptors (Lipinski definition) is 9. The van der Waals surface area contributed by atoms with Gasteiger partial charge < -0.3 is 9.47 Å². The van der Waals surface area contributed by atoms with Crippen LogP contribution in [0.2, 0.25) is 0 Å². The van der Waals surface area contributed by atoms with Gasteiger partial charge in [-0.1, -0.05) is 69.6 Å². The molecular weight excluding hydrogens is 686 g/mol. The van der Waals surface area contributed by atoms with Gasteiger partial charge in [0.2, 0.25) is 23.6 Å². The summed E-state index contributed by atoms with van der Waals surface area (Å²) in [6.45, 7) is 10.3. The average molecular weight is 727 g/mol. The Morgan fingerprint density at radius 1 is 0.750 bits per heavy atom. The summed E-state index contributed by atoms with van der Waals surface area (Å²) in [4.78, 5) is 77.6. The Labute approximate surface area is 287 Å². The predicted octanol–water partition coefficient (Wildman–Crippen LogP) is 7.41. The van der Waals surface area contributed by atoms with Crippen molar-refractivity contribution in [1.82, 2.24) is 9.80 Å². The van der Waals surface area contributed by atoms with Crippen LogP contribution in [0.4, 0.5) is 9.59 Å². The molecule has 2 heterocycles. The first-order valence-electron chi connectivity index (χ1n) is 15.4. The number of azide groups is 1. The summed E-state index contributed by atoms with van der Waals surface area (Å²) in [5, 5.41) is 4.21. The number of ether oxygens (including phenoxy) is 2. The van der Waals surface area contributed by atoms with Crippen LogP contribution in [-0.2, 0) is 40.5 Å². The normalized spacial score (nSPS) is 18.4. The van der Waals surface area contributed by atoms with Crippen molar-refractivity contribution >= 4 is 51.7 Å². The Morgan fingerprint density at radius 3 is 1.46 bits per heavy atom. The van der Waals surface area contributed by atoms with Gasteiger partial charge in [0, 0.05) is 23.1 Å². The number of rotatable bonds is 5. The standard InChI is InChI=1S/C17H20BrNO4.C17H20N4O4/c1-17(2,3)23-16(22)19-14(20)9-8-13(15(19)21)12-6-4-11(10-18)5-7-12;1-17(2,3)25-16(24)21-14(22)9-8-13(15(21)23)12-6-4-11(5-7-12)10-19-20-18/h4-7,13H,8-10H2,1-3H3;4-7,13H,8-10H2,1-3H3. The molecule has 2 atom stereocenters. The van der Waals surface area contributed by atoms with Crippen LogP contribution in [0.1, 0.15) is 101 Å². The number of hydrogen-bond donors (Lipinski definition) is 0. The van der Waals surface area contributed by atoms with Crippen LogP contribution >= 0.6 is 15.9 Å². The molecule has 0 bridgehead atoms. The van der Waals surface area contributed by atoms with Crippen LogP contribution in [0.15, 0.2) is 53.6 Å². The summed E-state index contributed by atoms with van der Waals surface area (Å²) in [5.41, 5.74) is 10.2. The average Bonchev–Trinajstić information content (AvgIpc) is 2.99. The van der Waals surface area contributed by atoms with Crippen molar-refractivity contribution in [3.8, 4) is 0 Å². The summed E-state index contributed by atoms with van der Waals surface area (Å²) >= 11 is 3.37. The van der Waals surface area contributed by atoms with E-state index < -0.39 is 58.9 Å². The number of piperidine rings is 2. The van der Waals surface area contributed by atoms with Gasteiger partial charge in [-0.3, -0.25) is 19.2 Å². The molecule has 0 spiro atoms. The molecule has 2 aromatic carbocycles. The summed E-state index contributed by atoms with van der Waals surface area (Å²) in [7, 11) is 0. The molecule has 2 fully saturated rings. The second-order valence-corrected chi connectivity index (χ2v) is 13.8. The molecule has 2 aromatic rings. The van der Waals surface area contributed by atoms with E-state index >= 15 is 0 Å². The fourth-order valence-electron chi connectivity index (χ4n) is 4.99. The van der Waals surface area contributed by atoms with Gasteiger partial charge in [0.1, 0.15) is 11.2 Å². The number of carbonyl (C=O) groups is 6. The fourth-order valence-corrected chi connectivity index (χ4v) is 5.36. The molecule has 256 valence electrons. The molecule has 4 rings (SSSR count). The highest BCUT2D eigenvalue weighted by Crippen LogP contribution is 2.32. The summed E-state index contributed by atoms with van der Waals surface area (Å²) in [6, 6.07) is 14.6. The van der Waals surface area contributed by atoms with Gasteiger partial charge in [0.15, 0.2) is 0 Å². The molecule has 13 nitrogen and oxygen atoms in total. The van der Waals surface area contributed by atoms with E-state index in [1.165, 1.54) is 0 Å². The minimum absolute atomic E-state index is 0.0934. The summed E-state index contributed by atoms with van der Waals surface area (Å²) < 4.78 is 10.3. The van der Waals surface area contributed by atoms with Crippen molar-refractivity contribution in [3.05, 3.63) is 81.2 Å². The first-order valence-corrected chi connectivity index (χ1v) is 16.5. The first kappa shape index (κ1) is 37.9. The summed E-state index contributed by atoms with van der Waals surface area (Å²) in [5.74, 6) is -3.22. The molecule has 0 N–H and O–H groups in total. The minimum Gasteiger partial charge on any atom is -0.443 e. The number of likely N-dealkylation sites (tertiary alicyclic amines) is 2. The van der Waals surface area contributed by atoms with E-state index in [4.69, 9.17) is 15.0 Å². The van der Waals surface area contributed by atoms with Crippen LogP contribution in [0.5, 0.6) is 0 Å². The van der Waals surface area contributed by atoms with Crippen molar-refractivity contribution in [2.24, 2.45) is 5.11 Å². The van der Waals surface area contributed by atoms with Gasteiger partial charge in [-0.2, -0.15) is 9.80 Å². The van der Waals surface area contributed by atoms with E-state index in [2.05, 4.69) is 26.0 Å². The number of imide groups is 6. The maximum Gasteiger partial charge on any atom is 0.424 e. The predicted molar refractivity (Wildman–Crippen MR) is 178 cm³/mol. The lowest BCUT2D eigenvalue weighted by Gasteiger charge is -2.31. The third-order valence-corrected chi connectivity index (χ3v) is 7.86. The van der Waals surface area contributed by atoms with E-state index in [1.807, 2.05) is 24.3 Å². The van der Waals surface area contributed by atoms with Gasteiger partial charge >= 0.3 is 12.2 Å². The van der Waals surface area contributed by atoms with Gasteiger partial charge in [0.05, 0.1) is 18.4 Å². The molecule has 2 unspecified atom stereocenters. The topological polar surface area (TPSA) is 176 Å². The number of alkyl halides is 1. The molecule has 6 amide bonds. The number of benzene rings is 2. The number of amides is 6. The molecule has 0 radical (unpaired) electrons. The largest absolute Gasteiger partial charge is 0.443 e. The highest BCUT2D eigenvalue weighted by molar-refractivity contribution is 9.08. The lowest BCUT2D eigenvalue weighted by Crippen LogP contribution is -2.49. The fraction of sp³-hybridized carbons (Fsp3) is 0.471. The first-order chi connectivity index (χ1) is 22.5. The molecule has 2 saturated heterocycles. The Bertz CT molecular complexity index is 1590. The van der Waals surface area contributed by atoms with Crippen LogP contribution < -0.4 is 0 Å². The van der Waals surface area contributed by atoms with E-state index in [9.17, 15) is 28.8 Å². The van der Waals surface area contributed by atoms with Crippen molar-refractivity contribution in [2.45, 2.75) is 102 Å². The third-order valence-electron chi connectivity index (χ3n) is 7.22. The maximum absolute atomic E-state index is 12.7. The van der Waals surface area contributed by atoms with Crippen molar-refractivity contribution in [2.75, 3.05) is 0 Å². The quantitative estimate of drug-likeness (QED) is 0.101. The van der Waals surface area contributed by atoms with E-state index in [1.54, 1.807) is 65.8 Å². The van der Waals surface area contributed by atoms with Crippen molar-refractivity contribution in [1.29, 1.82) is 0 Å². The zero-order valence-corrected chi connectivity index (χ0v) is 29.5. The molecule has 0 saturated carbocycles. The number of carbonyl (C=O) groups excluding carboxylic acids is 6. The highest BCUT2D eigenvalue weighted by Gasteiger charge is 2.42. The molecule has 48 heavy (non-hydrogen) atoms. The lowest BCUT2D eigenvalue weighted by atomic mass is 9.89. The zero-order valence-electron chi connectivity index (χ0n) is 27.9. The van der Waals surface area contributed by atoms with Gasteiger partial charge in [-0.25, -0.2) is 9.59 Å². The summed E-state index contributed by atoms with van der Waals surface area (Å²) in [6.07, 6.45) is -0.843. The van der Waals surface area contributed by atoms with E-state index in [0.717, 1.165) is 22.0 Å². The van der Waals surface area contributed by atoms with Crippen molar-refractivity contribution < 1.29 is 38.2 Å². The molecule has 2 aliphatic heterocycles. The highest BCUT2D eigenvalue weighted by atomic mass is 79.9. The second kappa shape index (κ2) is 16.0. The molecule has 0 aliphatic carbocycles. The van der Waals surface area contributed by atoms with Crippen LogP contribution in [0.3, 0.4) is 0 Å². The van der Waals surface area contributed by atoms with Crippen LogP contribution in [-0.4, -0.2) is 56.8 Å². The van der Waals surface area contributed by atoms with Crippen molar-refractivity contribution in [3.63, 3.8) is 0 Å².